The van der Waals surface area contributed by atoms with Gasteiger partial charge in [0.1, 0.15) is 18.3 Å². The van der Waals surface area contributed by atoms with Crippen LogP contribution in [0.15, 0.2) is 58.1 Å². The van der Waals surface area contributed by atoms with Crippen LogP contribution in [0.2, 0.25) is 0 Å². The van der Waals surface area contributed by atoms with Crippen LogP contribution in [0.3, 0.4) is 0 Å². The number of aryl methyl sites for hydroxylation is 1. The van der Waals surface area contributed by atoms with E-state index in [0.717, 1.165) is 51.9 Å². The molecule has 5 aromatic rings. The average molecular weight is 573 g/mol. The number of aromatic amines is 1. The normalized spacial score (nSPS) is 13.1. The Kier molecular flexibility index (Phi) is 8.74. The molecule has 0 saturated heterocycles. The Balaban J connectivity index is 1.63. The second kappa shape index (κ2) is 12.6. The van der Waals surface area contributed by atoms with Crippen LogP contribution in [0.1, 0.15) is 63.9 Å². The van der Waals surface area contributed by atoms with Crippen molar-refractivity contribution in [1.29, 1.82) is 0 Å². The van der Waals surface area contributed by atoms with Gasteiger partial charge in [-0.2, -0.15) is 5.21 Å². The summed E-state index contributed by atoms with van der Waals surface area (Å²) in [6.07, 6.45) is 2.27. The van der Waals surface area contributed by atoms with E-state index in [1.807, 2.05) is 53.1 Å². The van der Waals surface area contributed by atoms with E-state index in [0.29, 0.717) is 30.0 Å². The van der Waals surface area contributed by atoms with Crippen molar-refractivity contribution in [2.24, 2.45) is 0 Å². The summed E-state index contributed by atoms with van der Waals surface area (Å²) < 4.78 is 15.4. The van der Waals surface area contributed by atoms with Gasteiger partial charge in [-0.25, -0.2) is 18.9 Å². The number of hydrogen-bond donors (Lipinski definition) is 1. The third kappa shape index (κ3) is 5.42. The Hall–Kier alpha value is -4.42. The van der Waals surface area contributed by atoms with E-state index in [2.05, 4.69) is 27.5 Å². The number of nitrogens with zero attached hydrogens (tertiary/aromatic N) is 7. The zero-order valence-corrected chi connectivity index (χ0v) is 24.6. The molecule has 0 amide bonds. The van der Waals surface area contributed by atoms with Gasteiger partial charge in [-0.3, -0.25) is 4.79 Å². The van der Waals surface area contributed by atoms with Crippen LogP contribution in [0.25, 0.3) is 33.7 Å². The number of H-pyrrole nitrogens is 1. The Morgan fingerprint density at radius 3 is 2.24 bits per heavy atom. The molecule has 12 heteroatoms. The van der Waals surface area contributed by atoms with Crippen LogP contribution >= 0.6 is 0 Å². The van der Waals surface area contributed by atoms with E-state index >= 15 is 0 Å². The first-order chi connectivity index (χ1) is 20.4. The predicted molar refractivity (Wildman–Crippen MR) is 159 cm³/mol. The minimum atomic E-state index is -0.768. The lowest BCUT2D eigenvalue weighted by molar-refractivity contribution is 0.0374. The molecule has 3 heterocycles. The fourth-order valence-electron chi connectivity index (χ4n) is 5.20. The molecule has 0 spiro atoms. The molecule has 5 rings (SSSR count). The number of hydrogen-bond acceptors (Lipinski definition) is 8. The van der Waals surface area contributed by atoms with Crippen molar-refractivity contribution in [1.82, 2.24) is 39.3 Å². The van der Waals surface area contributed by atoms with Gasteiger partial charge >= 0.3 is 5.69 Å². The van der Waals surface area contributed by atoms with Gasteiger partial charge in [-0.05, 0) is 42.2 Å². The van der Waals surface area contributed by atoms with Crippen LogP contribution in [-0.4, -0.2) is 53.5 Å². The fourth-order valence-corrected chi connectivity index (χ4v) is 5.20. The van der Waals surface area contributed by atoms with Crippen molar-refractivity contribution in [2.45, 2.75) is 65.5 Å². The molecular weight excluding hydrogens is 536 g/mol. The summed E-state index contributed by atoms with van der Waals surface area (Å²) in [5, 5.41) is 14.5. The highest BCUT2D eigenvalue weighted by atomic mass is 16.5. The number of imidazole rings is 1. The van der Waals surface area contributed by atoms with Crippen molar-refractivity contribution in [3.05, 3.63) is 80.8 Å². The molecule has 2 atom stereocenters. The van der Waals surface area contributed by atoms with E-state index in [1.54, 1.807) is 13.8 Å². The number of fused-ring (bicyclic) bond motifs is 1. The molecule has 2 unspecified atom stereocenters. The zero-order valence-electron chi connectivity index (χ0n) is 24.6. The summed E-state index contributed by atoms with van der Waals surface area (Å²) in [5.74, 6) is 1.27. The Morgan fingerprint density at radius 2 is 1.60 bits per heavy atom. The van der Waals surface area contributed by atoms with Gasteiger partial charge in [-0.15, -0.1) is 10.2 Å². The molecule has 0 saturated carbocycles. The highest BCUT2D eigenvalue weighted by Gasteiger charge is 2.26. The minimum Gasteiger partial charge on any atom is -0.361 e. The molecule has 0 bridgehead atoms. The highest BCUT2D eigenvalue weighted by molar-refractivity contribution is 5.80. The van der Waals surface area contributed by atoms with E-state index in [1.165, 1.54) is 18.8 Å². The van der Waals surface area contributed by atoms with Crippen molar-refractivity contribution >= 4 is 11.2 Å². The van der Waals surface area contributed by atoms with Crippen molar-refractivity contribution < 1.29 is 9.47 Å². The third-order valence-electron chi connectivity index (χ3n) is 7.62. The SMILES string of the molecule is CCCCCc1nc2c(c(=O)n(C(C)OC)c(=O)n2C(C)OC)n1Cc1ccc(-c2ccccc2-c2nn[nH]n2)cc1. The third-order valence-corrected chi connectivity index (χ3v) is 7.62. The van der Waals surface area contributed by atoms with Crippen LogP contribution < -0.4 is 11.2 Å². The van der Waals surface area contributed by atoms with Gasteiger partial charge in [0.2, 0.25) is 5.82 Å². The van der Waals surface area contributed by atoms with Gasteiger partial charge in [0, 0.05) is 32.7 Å². The van der Waals surface area contributed by atoms with Crippen LogP contribution in [0.5, 0.6) is 0 Å². The molecule has 1 N–H and O–H groups in total. The lowest BCUT2D eigenvalue weighted by Crippen LogP contribution is -2.43. The molecule has 0 radical (unpaired) electrons. The maximum Gasteiger partial charge on any atom is 0.337 e. The Bertz CT molecular complexity index is 1770. The predicted octanol–water partition coefficient (Wildman–Crippen LogP) is 4.32. The molecule has 12 nitrogen and oxygen atoms in total. The lowest BCUT2D eigenvalue weighted by Gasteiger charge is -2.19. The van der Waals surface area contributed by atoms with E-state index in [4.69, 9.17) is 14.5 Å². The maximum absolute atomic E-state index is 13.9. The number of methoxy groups -OCH3 is 2. The van der Waals surface area contributed by atoms with Crippen LogP contribution in [-0.2, 0) is 22.4 Å². The first kappa shape index (κ1) is 29.1. The second-order valence-corrected chi connectivity index (χ2v) is 10.2. The van der Waals surface area contributed by atoms with Crippen LogP contribution in [0.4, 0.5) is 0 Å². The number of aromatic nitrogens is 8. The fraction of sp³-hybridized carbons (Fsp3) is 0.400. The summed E-state index contributed by atoms with van der Waals surface area (Å²) in [5.41, 5.74) is 3.53. The van der Waals surface area contributed by atoms with Crippen molar-refractivity contribution in [3.8, 4) is 22.5 Å². The smallest absolute Gasteiger partial charge is 0.337 e. The number of rotatable bonds is 12. The number of nitrogens with one attached hydrogen (secondary N) is 1. The Morgan fingerprint density at radius 1 is 0.905 bits per heavy atom. The molecule has 220 valence electrons. The second-order valence-electron chi connectivity index (χ2n) is 10.2. The first-order valence-electron chi connectivity index (χ1n) is 14.1. The zero-order chi connectivity index (χ0) is 29.8. The molecule has 0 aliphatic carbocycles. The molecule has 0 aliphatic rings. The van der Waals surface area contributed by atoms with Gasteiger partial charge in [0.15, 0.2) is 11.2 Å². The first-order valence-corrected chi connectivity index (χ1v) is 14.1. The summed E-state index contributed by atoms with van der Waals surface area (Å²) in [6.45, 7) is 5.98. The molecular formula is C30H36N8O4. The molecule has 42 heavy (non-hydrogen) atoms. The maximum atomic E-state index is 13.9. The summed E-state index contributed by atoms with van der Waals surface area (Å²) >= 11 is 0. The quantitative estimate of drug-likeness (QED) is 0.219. The minimum absolute atomic E-state index is 0.316. The summed E-state index contributed by atoms with van der Waals surface area (Å²) in [4.78, 5) is 32.3. The Labute approximate surface area is 242 Å². The number of tetrazole rings is 1. The topological polar surface area (TPSA) is 135 Å². The van der Waals surface area contributed by atoms with Crippen molar-refractivity contribution in [2.75, 3.05) is 14.2 Å². The van der Waals surface area contributed by atoms with E-state index < -0.39 is 23.7 Å². The monoisotopic (exact) mass is 572 g/mol. The largest absolute Gasteiger partial charge is 0.361 e. The standard InChI is InChI=1S/C30H36N8O4/c1-6-7-8-13-25-31-28-26(29(39)38(20(3)42-5)30(40)37(28)19(2)41-4)36(25)18-21-14-16-22(17-15-21)23-11-9-10-12-24(23)27-32-34-35-33-27/h9-12,14-17,19-20H,6-8,13,18H2,1-5H3,(H,32,33,34,35). The van der Waals surface area contributed by atoms with Gasteiger partial charge in [0.05, 0.1) is 0 Å². The summed E-state index contributed by atoms with van der Waals surface area (Å²) in [7, 11) is 2.99. The molecule has 0 fully saturated rings. The molecule has 0 aliphatic heterocycles. The van der Waals surface area contributed by atoms with Gasteiger partial charge in [-0.1, -0.05) is 68.3 Å². The number of unbranched alkanes of at least 4 members (excludes halogenated alkanes) is 2. The lowest BCUT2D eigenvalue weighted by atomic mass is 9.98. The van der Waals surface area contributed by atoms with Gasteiger partial charge < -0.3 is 14.0 Å². The van der Waals surface area contributed by atoms with E-state index in [-0.39, 0.29) is 0 Å². The van der Waals surface area contributed by atoms with Gasteiger partial charge in [0.25, 0.3) is 5.56 Å². The van der Waals surface area contributed by atoms with Crippen LogP contribution in [0, 0.1) is 0 Å². The van der Waals surface area contributed by atoms with Crippen molar-refractivity contribution in [3.63, 3.8) is 0 Å². The van der Waals surface area contributed by atoms with E-state index in [9.17, 15) is 9.59 Å². The summed E-state index contributed by atoms with van der Waals surface area (Å²) in [6, 6.07) is 16.0. The average Bonchev–Trinajstić information content (AvgIpc) is 3.66. The molecule has 2 aromatic carbocycles. The highest BCUT2D eigenvalue weighted by Crippen LogP contribution is 2.30. The number of ether oxygens (including phenoxy) is 2. The number of benzene rings is 2. The molecule has 3 aromatic heterocycles.